The van der Waals surface area contributed by atoms with Gasteiger partial charge in [0.05, 0.1) is 11.3 Å². The minimum absolute atomic E-state index is 0.0338. The summed E-state index contributed by atoms with van der Waals surface area (Å²) in [4.78, 5) is 24.7. The van der Waals surface area contributed by atoms with Crippen LogP contribution in [0.4, 0.5) is 10.5 Å². The van der Waals surface area contributed by atoms with Gasteiger partial charge in [0, 0.05) is 19.8 Å². The van der Waals surface area contributed by atoms with E-state index in [1.165, 1.54) is 17.0 Å². The Morgan fingerprint density at radius 3 is 2.45 bits per heavy atom. The first kappa shape index (κ1) is 15.5. The molecule has 1 rings (SSSR count). The molecule has 7 nitrogen and oxygen atoms in total. The summed E-state index contributed by atoms with van der Waals surface area (Å²) in [5, 5.41) is 16.3. The number of amides is 3. The van der Waals surface area contributed by atoms with Gasteiger partial charge in [-0.1, -0.05) is 6.07 Å². The highest BCUT2D eigenvalue weighted by Gasteiger charge is 2.15. The molecule has 0 bridgehead atoms. The highest BCUT2D eigenvalue weighted by Crippen LogP contribution is 2.27. The van der Waals surface area contributed by atoms with Crippen molar-refractivity contribution in [3.05, 3.63) is 23.8 Å². The van der Waals surface area contributed by atoms with E-state index in [2.05, 4.69) is 15.8 Å². The first-order chi connectivity index (χ1) is 9.32. The van der Waals surface area contributed by atoms with Gasteiger partial charge in [-0.05, 0) is 26.0 Å². The van der Waals surface area contributed by atoms with Crippen LogP contribution in [0.5, 0.6) is 5.75 Å². The molecule has 0 unspecified atom stereocenters. The zero-order valence-corrected chi connectivity index (χ0v) is 11.9. The molecule has 0 radical (unpaired) electrons. The third kappa shape index (κ3) is 3.98. The van der Waals surface area contributed by atoms with Crippen molar-refractivity contribution in [2.75, 3.05) is 19.4 Å². The largest absolute Gasteiger partial charge is 0.505 e. The summed E-state index contributed by atoms with van der Waals surface area (Å²) in [6.07, 6.45) is 0. The fourth-order valence-corrected chi connectivity index (χ4v) is 1.28. The van der Waals surface area contributed by atoms with E-state index >= 15 is 0 Å². The number of phenolic OH excluding ortho intramolecular Hbond substituents is 1. The molecule has 0 fully saturated rings. The second-order valence-electron chi connectivity index (χ2n) is 4.53. The Morgan fingerprint density at radius 1 is 1.25 bits per heavy atom. The average Bonchev–Trinajstić information content (AvgIpc) is 2.38. The molecule has 1 aromatic carbocycles. The van der Waals surface area contributed by atoms with Crippen molar-refractivity contribution >= 4 is 23.3 Å². The number of carbonyl (C=O) groups excluding carboxylic acids is 2. The van der Waals surface area contributed by atoms with Crippen LogP contribution in [0.1, 0.15) is 24.2 Å². The smallest absolute Gasteiger partial charge is 0.321 e. The second kappa shape index (κ2) is 6.55. The maximum Gasteiger partial charge on any atom is 0.321 e. The number of nitrogens with zero attached hydrogens (tertiary/aromatic N) is 2. The SMILES string of the molecule is CC(C)=NNC(=O)c1cccc(NC(=O)N(C)C)c1O. The van der Waals surface area contributed by atoms with Crippen molar-refractivity contribution in [3.63, 3.8) is 0 Å². The van der Waals surface area contributed by atoms with E-state index in [1.807, 2.05) is 0 Å². The number of urea groups is 1. The van der Waals surface area contributed by atoms with Gasteiger partial charge in [-0.15, -0.1) is 0 Å². The van der Waals surface area contributed by atoms with Gasteiger partial charge in [0.2, 0.25) is 0 Å². The summed E-state index contributed by atoms with van der Waals surface area (Å²) in [7, 11) is 3.14. The van der Waals surface area contributed by atoms with Gasteiger partial charge in [0.15, 0.2) is 5.75 Å². The normalized spacial score (nSPS) is 9.60. The van der Waals surface area contributed by atoms with Crippen LogP contribution in [0.2, 0.25) is 0 Å². The van der Waals surface area contributed by atoms with Crippen molar-refractivity contribution in [1.29, 1.82) is 0 Å². The lowest BCUT2D eigenvalue weighted by atomic mass is 10.1. The molecule has 0 spiro atoms. The van der Waals surface area contributed by atoms with Gasteiger partial charge in [0.1, 0.15) is 0 Å². The fraction of sp³-hybridized carbons (Fsp3) is 0.308. The number of para-hydroxylation sites is 1. The number of hydrogen-bond acceptors (Lipinski definition) is 4. The van der Waals surface area contributed by atoms with Crippen LogP contribution in [0, 0.1) is 0 Å². The Kier molecular flexibility index (Phi) is 5.08. The van der Waals surface area contributed by atoms with Crippen molar-refractivity contribution in [1.82, 2.24) is 10.3 Å². The maximum absolute atomic E-state index is 11.8. The topological polar surface area (TPSA) is 94.0 Å². The van der Waals surface area contributed by atoms with Crippen LogP contribution < -0.4 is 10.7 Å². The number of anilines is 1. The van der Waals surface area contributed by atoms with Gasteiger partial charge in [-0.2, -0.15) is 5.10 Å². The van der Waals surface area contributed by atoms with Gasteiger partial charge in [-0.3, -0.25) is 4.79 Å². The number of rotatable bonds is 3. The van der Waals surface area contributed by atoms with E-state index in [-0.39, 0.29) is 17.0 Å². The zero-order valence-electron chi connectivity index (χ0n) is 11.9. The molecule has 3 amide bonds. The van der Waals surface area contributed by atoms with Gasteiger partial charge in [0.25, 0.3) is 5.91 Å². The average molecular weight is 278 g/mol. The standard InChI is InChI=1S/C13H18N4O3/c1-8(2)15-16-12(19)9-6-5-7-10(11(9)18)14-13(20)17(3)4/h5-7,18H,1-4H3,(H,14,20)(H,16,19). The number of phenols is 1. The molecule has 108 valence electrons. The third-order valence-electron chi connectivity index (χ3n) is 2.31. The maximum atomic E-state index is 11.8. The van der Waals surface area contributed by atoms with Crippen molar-refractivity contribution in [3.8, 4) is 5.75 Å². The summed E-state index contributed by atoms with van der Waals surface area (Å²) in [5.41, 5.74) is 3.18. The Bertz CT molecular complexity index is 549. The molecule has 0 aliphatic heterocycles. The first-order valence-corrected chi connectivity index (χ1v) is 5.94. The number of hydrazone groups is 1. The molecule has 20 heavy (non-hydrogen) atoms. The molecular formula is C13H18N4O3. The Hall–Kier alpha value is -2.57. The fourth-order valence-electron chi connectivity index (χ4n) is 1.28. The highest BCUT2D eigenvalue weighted by atomic mass is 16.3. The van der Waals surface area contributed by atoms with E-state index in [0.717, 1.165) is 0 Å². The van der Waals surface area contributed by atoms with E-state index in [0.29, 0.717) is 5.71 Å². The van der Waals surface area contributed by atoms with Gasteiger partial charge < -0.3 is 15.3 Å². The summed E-state index contributed by atoms with van der Waals surface area (Å²) >= 11 is 0. The molecule has 0 aliphatic carbocycles. The number of nitrogens with one attached hydrogen (secondary N) is 2. The van der Waals surface area contributed by atoms with E-state index in [9.17, 15) is 14.7 Å². The molecule has 0 saturated carbocycles. The molecule has 0 aliphatic rings. The van der Waals surface area contributed by atoms with Crippen molar-refractivity contribution < 1.29 is 14.7 Å². The third-order valence-corrected chi connectivity index (χ3v) is 2.31. The summed E-state index contributed by atoms with van der Waals surface area (Å²) in [5.74, 6) is -0.853. The quantitative estimate of drug-likeness (QED) is 0.445. The monoisotopic (exact) mass is 278 g/mol. The van der Waals surface area contributed by atoms with Crippen LogP contribution in [0.3, 0.4) is 0 Å². The second-order valence-corrected chi connectivity index (χ2v) is 4.53. The minimum Gasteiger partial charge on any atom is -0.505 e. The predicted molar refractivity (Wildman–Crippen MR) is 77.1 cm³/mol. The van der Waals surface area contributed by atoms with Crippen LogP contribution in [-0.4, -0.2) is 41.8 Å². The van der Waals surface area contributed by atoms with Crippen LogP contribution in [0.15, 0.2) is 23.3 Å². The van der Waals surface area contributed by atoms with Crippen LogP contribution in [0.25, 0.3) is 0 Å². The van der Waals surface area contributed by atoms with Gasteiger partial charge >= 0.3 is 6.03 Å². The van der Waals surface area contributed by atoms with E-state index in [1.54, 1.807) is 34.0 Å². The van der Waals surface area contributed by atoms with E-state index in [4.69, 9.17) is 0 Å². The number of hydrogen-bond donors (Lipinski definition) is 3. The minimum atomic E-state index is -0.551. The summed E-state index contributed by atoms with van der Waals surface area (Å²) < 4.78 is 0. The van der Waals surface area contributed by atoms with Crippen LogP contribution >= 0.6 is 0 Å². The number of aromatic hydroxyl groups is 1. The first-order valence-electron chi connectivity index (χ1n) is 5.94. The molecular weight excluding hydrogens is 260 g/mol. The molecule has 3 N–H and O–H groups in total. The Morgan fingerprint density at radius 2 is 1.90 bits per heavy atom. The van der Waals surface area contributed by atoms with Crippen molar-refractivity contribution in [2.24, 2.45) is 5.10 Å². The predicted octanol–water partition coefficient (Wildman–Crippen LogP) is 1.61. The molecule has 0 saturated heterocycles. The van der Waals surface area contributed by atoms with Gasteiger partial charge in [-0.25, -0.2) is 10.2 Å². The zero-order chi connectivity index (χ0) is 15.3. The molecule has 7 heteroatoms. The number of carbonyl (C=O) groups is 2. The lowest BCUT2D eigenvalue weighted by Gasteiger charge is -2.14. The van der Waals surface area contributed by atoms with Crippen molar-refractivity contribution in [2.45, 2.75) is 13.8 Å². The molecule has 0 aromatic heterocycles. The lowest BCUT2D eigenvalue weighted by molar-refractivity contribution is 0.0952. The Labute approximate surface area is 117 Å². The van der Waals surface area contributed by atoms with E-state index < -0.39 is 11.9 Å². The number of benzene rings is 1. The lowest BCUT2D eigenvalue weighted by Crippen LogP contribution is -2.27. The molecule has 0 atom stereocenters. The highest BCUT2D eigenvalue weighted by molar-refractivity contribution is 6.01. The molecule has 0 heterocycles. The Balaban J connectivity index is 2.98. The molecule has 1 aromatic rings. The van der Waals surface area contributed by atoms with Crippen LogP contribution in [-0.2, 0) is 0 Å². The summed E-state index contributed by atoms with van der Waals surface area (Å²) in [6, 6.07) is 4.10. The summed E-state index contributed by atoms with van der Waals surface area (Å²) in [6.45, 7) is 3.46.